The molecular formula is C31H44FNO4. The van der Waals surface area contributed by atoms with Gasteiger partial charge in [0.05, 0.1) is 25.4 Å². The van der Waals surface area contributed by atoms with Gasteiger partial charge in [0.1, 0.15) is 5.82 Å². The Bertz CT molecular complexity index is 1010. The zero-order valence-corrected chi connectivity index (χ0v) is 23.1. The number of fused-ring (bicyclic) bond motifs is 1. The summed E-state index contributed by atoms with van der Waals surface area (Å²) in [5.74, 6) is 0.0344. The summed E-state index contributed by atoms with van der Waals surface area (Å²) in [6.07, 6.45) is 3.50. The van der Waals surface area contributed by atoms with E-state index >= 15 is 0 Å². The van der Waals surface area contributed by atoms with Gasteiger partial charge in [-0.25, -0.2) is 4.39 Å². The van der Waals surface area contributed by atoms with Gasteiger partial charge in [0.15, 0.2) is 0 Å². The molecule has 1 aliphatic carbocycles. The number of aliphatic hydroxyl groups is 1. The number of aliphatic hydroxyl groups excluding tert-OH is 1. The SMILES string of the molecule is CCOC(=O)CCc1cc(C)c(F)cc1[C@@H](CC)OC[C@H](O)CNC(C)(C)CC1Cc2ccccc2C1. The Kier molecular flexibility index (Phi) is 10.7. The van der Waals surface area contributed by atoms with Crippen LogP contribution in [0.4, 0.5) is 4.39 Å². The van der Waals surface area contributed by atoms with E-state index in [2.05, 4.69) is 43.4 Å². The molecule has 2 atom stereocenters. The van der Waals surface area contributed by atoms with E-state index in [0.29, 0.717) is 37.5 Å². The van der Waals surface area contributed by atoms with Crippen LogP contribution in [0, 0.1) is 18.7 Å². The monoisotopic (exact) mass is 513 g/mol. The minimum absolute atomic E-state index is 0.113. The molecule has 0 amide bonds. The van der Waals surface area contributed by atoms with Gasteiger partial charge in [-0.15, -0.1) is 0 Å². The van der Waals surface area contributed by atoms with Crippen molar-refractivity contribution >= 4 is 5.97 Å². The highest BCUT2D eigenvalue weighted by Crippen LogP contribution is 2.32. The number of aryl methyl sites for hydroxylation is 2. The molecule has 0 saturated heterocycles. The Morgan fingerprint density at radius 2 is 1.86 bits per heavy atom. The number of esters is 1. The fourth-order valence-electron chi connectivity index (χ4n) is 5.44. The molecule has 0 unspecified atom stereocenters. The van der Waals surface area contributed by atoms with Crippen LogP contribution in [0.5, 0.6) is 0 Å². The summed E-state index contributed by atoms with van der Waals surface area (Å²) in [5, 5.41) is 14.2. The van der Waals surface area contributed by atoms with Crippen molar-refractivity contribution in [1.82, 2.24) is 5.32 Å². The molecule has 0 aliphatic heterocycles. The second-order valence-corrected chi connectivity index (χ2v) is 11.0. The summed E-state index contributed by atoms with van der Waals surface area (Å²) in [7, 11) is 0. The van der Waals surface area contributed by atoms with E-state index in [1.807, 2.05) is 6.92 Å². The Morgan fingerprint density at radius 1 is 1.19 bits per heavy atom. The average Bonchev–Trinajstić information content (AvgIpc) is 3.26. The normalized spacial score (nSPS) is 15.4. The minimum atomic E-state index is -0.688. The van der Waals surface area contributed by atoms with Gasteiger partial charge < -0.3 is 19.9 Å². The number of ether oxygens (including phenoxy) is 2. The van der Waals surface area contributed by atoms with E-state index in [4.69, 9.17) is 9.47 Å². The maximum absolute atomic E-state index is 14.5. The van der Waals surface area contributed by atoms with Crippen molar-refractivity contribution in [3.8, 4) is 0 Å². The topological polar surface area (TPSA) is 67.8 Å². The number of β-amino-alcohol motifs (C(OH)–C–C–N with tert-alkyl or cyclic N) is 1. The molecule has 1 aliphatic rings. The Balaban J connectivity index is 1.52. The number of hydrogen-bond acceptors (Lipinski definition) is 5. The van der Waals surface area contributed by atoms with E-state index in [9.17, 15) is 14.3 Å². The molecule has 0 saturated carbocycles. The third-order valence-electron chi connectivity index (χ3n) is 7.28. The van der Waals surface area contributed by atoms with Crippen molar-refractivity contribution in [3.63, 3.8) is 0 Å². The minimum Gasteiger partial charge on any atom is -0.466 e. The summed E-state index contributed by atoms with van der Waals surface area (Å²) >= 11 is 0. The van der Waals surface area contributed by atoms with Crippen LogP contribution in [-0.4, -0.2) is 42.5 Å². The third-order valence-corrected chi connectivity index (χ3v) is 7.28. The second-order valence-electron chi connectivity index (χ2n) is 11.0. The first kappa shape index (κ1) is 29.3. The Hall–Kier alpha value is -2.28. The number of halogens is 1. The maximum atomic E-state index is 14.5. The first-order valence-corrected chi connectivity index (χ1v) is 13.7. The molecule has 0 aromatic heterocycles. The fourth-order valence-corrected chi connectivity index (χ4v) is 5.44. The van der Waals surface area contributed by atoms with E-state index in [1.54, 1.807) is 19.9 Å². The zero-order chi connectivity index (χ0) is 27.0. The lowest BCUT2D eigenvalue weighted by atomic mass is 9.88. The molecule has 0 radical (unpaired) electrons. The molecule has 0 spiro atoms. The Labute approximate surface area is 221 Å². The predicted octanol–water partition coefficient (Wildman–Crippen LogP) is 5.63. The lowest BCUT2D eigenvalue weighted by Crippen LogP contribution is -2.45. The number of rotatable bonds is 14. The van der Waals surface area contributed by atoms with Gasteiger partial charge in [0.25, 0.3) is 0 Å². The van der Waals surface area contributed by atoms with Gasteiger partial charge >= 0.3 is 5.97 Å². The summed E-state index contributed by atoms with van der Waals surface area (Å²) in [6, 6.07) is 12.0. The van der Waals surface area contributed by atoms with Crippen LogP contribution in [0.15, 0.2) is 36.4 Å². The number of carbonyl (C=O) groups excluding carboxylic acids is 1. The average molecular weight is 514 g/mol. The third kappa shape index (κ3) is 8.62. The summed E-state index contributed by atoms with van der Waals surface area (Å²) in [4.78, 5) is 11.9. The maximum Gasteiger partial charge on any atom is 0.306 e. The Morgan fingerprint density at radius 3 is 2.49 bits per heavy atom. The molecule has 0 heterocycles. The van der Waals surface area contributed by atoms with Crippen LogP contribution in [-0.2, 0) is 33.5 Å². The van der Waals surface area contributed by atoms with Gasteiger partial charge in [-0.3, -0.25) is 4.79 Å². The number of carbonyl (C=O) groups is 1. The molecule has 0 bridgehead atoms. The first-order chi connectivity index (χ1) is 17.6. The van der Waals surface area contributed by atoms with Gasteiger partial charge in [-0.1, -0.05) is 37.3 Å². The lowest BCUT2D eigenvalue weighted by Gasteiger charge is -2.31. The first-order valence-electron chi connectivity index (χ1n) is 13.7. The number of hydrogen-bond donors (Lipinski definition) is 2. The van der Waals surface area contributed by atoms with E-state index in [1.165, 1.54) is 17.2 Å². The van der Waals surface area contributed by atoms with Crippen LogP contribution in [0.1, 0.15) is 80.9 Å². The quantitative estimate of drug-likeness (QED) is 0.321. The molecule has 5 nitrogen and oxygen atoms in total. The molecule has 37 heavy (non-hydrogen) atoms. The number of benzene rings is 2. The van der Waals surface area contributed by atoms with E-state index < -0.39 is 6.10 Å². The standard InChI is InChI=1S/C31H44FNO4/c1-6-29(27-17-28(32)21(3)14-25(27)12-13-30(35)36-7-2)37-20-26(34)19-33-31(4,5)18-22-15-23-10-8-9-11-24(23)16-22/h8-11,14,17,22,26,29,33-34H,6-7,12-13,15-16,18-20H2,1-5H3/t26-,29-/m1/s1. The van der Waals surface area contributed by atoms with Crippen molar-refractivity contribution in [2.75, 3.05) is 19.8 Å². The van der Waals surface area contributed by atoms with Gasteiger partial charge in [0.2, 0.25) is 0 Å². The highest BCUT2D eigenvalue weighted by atomic mass is 19.1. The number of nitrogens with one attached hydrogen (secondary N) is 1. The van der Waals surface area contributed by atoms with Gasteiger partial charge in [0, 0.05) is 18.5 Å². The molecule has 2 N–H and O–H groups in total. The highest BCUT2D eigenvalue weighted by molar-refractivity contribution is 5.69. The van der Waals surface area contributed by atoms with Crippen LogP contribution >= 0.6 is 0 Å². The molecule has 6 heteroatoms. The van der Waals surface area contributed by atoms with E-state index in [0.717, 1.165) is 30.4 Å². The second kappa shape index (κ2) is 13.5. The van der Waals surface area contributed by atoms with Gasteiger partial charge in [-0.05, 0) is 99.6 Å². The molecule has 2 aromatic rings. The summed E-state index contributed by atoms with van der Waals surface area (Å²) in [5.41, 5.74) is 4.95. The van der Waals surface area contributed by atoms with Crippen molar-refractivity contribution in [3.05, 3.63) is 70.0 Å². The smallest absolute Gasteiger partial charge is 0.306 e. The van der Waals surface area contributed by atoms with Crippen LogP contribution in [0.25, 0.3) is 0 Å². The highest BCUT2D eigenvalue weighted by Gasteiger charge is 2.28. The largest absolute Gasteiger partial charge is 0.466 e. The van der Waals surface area contributed by atoms with Crippen LogP contribution in [0.2, 0.25) is 0 Å². The van der Waals surface area contributed by atoms with Crippen molar-refractivity contribution < 1.29 is 23.8 Å². The molecule has 204 valence electrons. The molecule has 2 aromatic carbocycles. The lowest BCUT2D eigenvalue weighted by molar-refractivity contribution is -0.143. The summed E-state index contributed by atoms with van der Waals surface area (Å²) < 4.78 is 25.6. The van der Waals surface area contributed by atoms with Crippen molar-refractivity contribution in [1.29, 1.82) is 0 Å². The van der Waals surface area contributed by atoms with E-state index in [-0.39, 0.29) is 36.5 Å². The van der Waals surface area contributed by atoms with Crippen molar-refractivity contribution in [2.24, 2.45) is 5.92 Å². The van der Waals surface area contributed by atoms with Crippen LogP contribution in [0.3, 0.4) is 0 Å². The molecule has 0 fully saturated rings. The fraction of sp³-hybridized carbons (Fsp3) is 0.581. The predicted molar refractivity (Wildman–Crippen MR) is 145 cm³/mol. The van der Waals surface area contributed by atoms with Gasteiger partial charge in [-0.2, -0.15) is 0 Å². The molecular weight excluding hydrogens is 469 g/mol. The zero-order valence-electron chi connectivity index (χ0n) is 23.1. The van der Waals surface area contributed by atoms with Crippen LogP contribution < -0.4 is 5.32 Å². The summed E-state index contributed by atoms with van der Waals surface area (Å²) in [6.45, 7) is 10.7. The van der Waals surface area contributed by atoms with Crippen molar-refractivity contribution in [2.45, 2.75) is 90.9 Å². The molecule has 3 rings (SSSR count).